The van der Waals surface area contributed by atoms with Gasteiger partial charge in [-0.1, -0.05) is 6.07 Å². The molecule has 1 aromatic rings. The summed E-state index contributed by atoms with van der Waals surface area (Å²) in [6.07, 6.45) is 3.54. The highest BCUT2D eigenvalue weighted by Gasteiger charge is 2.28. The largest absolute Gasteiger partial charge is 0.398 e. The van der Waals surface area contributed by atoms with Crippen molar-refractivity contribution in [1.82, 2.24) is 0 Å². The van der Waals surface area contributed by atoms with Gasteiger partial charge >= 0.3 is 0 Å². The highest BCUT2D eigenvalue weighted by molar-refractivity contribution is 5.96. The third kappa shape index (κ3) is 1.97. The van der Waals surface area contributed by atoms with Crippen molar-refractivity contribution in [3.63, 3.8) is 0 Å². The lowest BCUT2D eigenvalue weighted by molar-refractivity contribution is -0.120. The molecule has 3 rings (SSSR count). The van der Waals surface area contributed by atoms with E-state index in [4.69, 9.17) is 10.5 Å². The van der Waals surface area contributed by atoms with Crippen LogP contribution in [0.5, 0.6) is 0 Å². The van der Waals surface area contributed by atoms with Crippen LogP contribution >= 0.6 is 0 Å². The molecular weight excluding hydrogens is 228 g/mol. The van der Waals surface area contributed by atoms with E-state index < -0.39 is 0 Å². The molecule has 2 aliphatic rings. The van der Waals surface area contributed by atoms with Gasteiger partial charge < -0.3 is 15.4 Å². The third-order valence-electron chi connectivity index (χ3n) is 3.79. The summed E-state index contributed by atoms with van der Waals surface area (Å²) in [5, 5.41) is 0. The van der Waals surface area contributed by atoms with E-state index in [1.807, 2.05) is 23.1 Å². The molecule has 1 fully saturated rings. The smallest absolute Gasteiger partial charge is 0.229 e. The maximum atomic E-state index is 12.3. The minimum Gasteiger partial charge on any atom is -0.398 e. The van der Waals surface area contributed by atoms with Gasteiger partial charge in [0.1, 0.15) is 0 Å². The van der Waals surface area contributed by atoms with Crippen LogP contribution in [0.25, 0.3) is 0 Å². The SMILES string of the molecule is Nc1cccc2c1CCN2C(=O)CC1CCCO1. The van der Waals surface area contributed by atoms with Gasteiger partial charge in [-0.05, 0) is 31.4 Å². The molecule has 1 aromatic carbocycles. The van der Waals surface area contributed by atoms with Gasteiger partial charge in [-0.3, -0.25) is 4.79 Å². The maximum absolute atomic E-state index is 12.3. The van der Waals surface area contributed by atoms with Crippen molar-refractivity contribution in [2.24, 2.45) is 0 Å². The maximum Gasteiger partial charge on any atom is 0.229 e. The second-order valence-corrected chi connectivity index (χ2v) is 4.98. The van der Waals surface area contributed by atoms with Gasteiger partial charge in [-0.2, -0.15) is 0 Å². The van der Waals surface area contributed by atoms with Crippen molar-refractivity contribution in [2.45, 2.75) is 31.8 Å². The van der Waals surface area contributed by atoms with Gasteiger partial charge in [0.05, 0.1) is 12.5 Å². The Bertz CT molecular complexity index is 467. The van der Waals surface area contributed by atoms with Crippen molar-refractivity contribution < 1.29 is 9.53 Å². The van der Waals surface area contributed by atoms with Crippen molar-refractivity contribution >= 4 is 17.3 Å². The van der Waals surface area contributed by atoms with Gasteiger partial charge in [0, 0.05) is 30.1 Å². The van der Waals surface area contributed by atoms with Crippen molar-refractivity contribution in [3.05, 3.63) is 23.8 Å². The Kier molecular flexibility index (Phi) is 2.96. The Morgan fingerprint density at radius 2 is 2.39 bits per heavy atom. The van der Waals surface area contributed by atoms with Crippen molar-refractivity contribution in [3.8, 4) is 0 Å². The molecule has 2 N–H and O–H groups in total. The van der Waals surface area contributed by atoms with Crippen LogP contribution in [-0.2, 0) is 16.0 Å². The molecule has 18 heavy (non-hydrogen) atoms. The molecule has 4 heteroatoms. The predicted molar refractivity (Wildman–Crippen MR) is 70.5 cm³/mol. The van der Waals surface area contributed by atoms with Gasteiger partial charge in [0.25, 0.3) is 0 Å². The second-order valence-electron chi connectivity index (χ2n) is 4.98. The predicted octanol–water partition coefficient (Wildman–Crippen LogP) is 1.73. The average molecular weight is 246 g/mol. The summed E-state index contributed by atoms with van der Waals surface area (Å²) >= 11 is 0. The molecule has 2 aliphatic heterocycles. The molecule has 0 aliphatic carbocycles. The van der Waals surface area contributed by atoms with Gasteiger partial charge in [0.2, 0.25) is 5.91 Å². The standard InChI is InChI=1S/C14H18N2O2/c15-12-4-1-5-13-11(12)6-7-16(13)14(17)9-10-3-2-8-18-10/h1,4-5,10H,2-3,6-9,15H2. The fraction of sp³-hybridized carbons (Fsp3) is 0.500. The molecule has 1 saturated heterocycles. The van der Waals surface area contributed by atoms with Crippen LogP contribution in [0.15, 0.2) is 18.2 Å². The van der Waals surface area contributed by atoms with Crippen LogP contribution in [0.2, 0.25) is 0 Å². The molecule has 96 valence electrons. The quantitative estimate of drug-likeness (QED) is 0.808. The number of carbonyl (C=O) groups is 1. The Balaban J connectivity index is 1.75. The third-order valence-corrected chi connectivity index (χ3v) is 3.79. The lowest BCUT2D eigenvalue weighted by Crippen LogP contribution is -2.31. The lowest BCUT2D eigenvalue weighted by Gasteiger charge is -2.19. The van der Waals surface area contributed by atoms with E-state index >= 15 is 0 Å². The molecule has 0 spiro atoms. The molecule has 0 saturated carbocycles. The number of nitrogens with two attached hydrogens (primary N) is 1. The van der Waals surface area contributed by atoms with Crippen molar-refractivity contribution in [1.29, 1.82) is 0 Å². The van der Waals surface area contributed by atoms with E-state index in [-0.39, 0.29) is 12.0 Å². The van der Waals surface area contributed by atoms with Gasteiger partial charge in [0.15, 0.2) is 0 Å². The van der Waals surface area contributed by atoms with E-state index in [9.17, 15) is 4.79 Å². The van der Waals surface area contributed by atoms with Crippen LogP contribution < -0.4 is 10.6 Å². The second kappa shape index (κ2) is 4.61. The monoisotopic (exact) mass is 246 g/mol. The number of nitrogen functional groups attached to an aromatic ring is 1. The first-order valence-electron chi connectivity index (χ1n) is 6.55. The van der Waals surface area contributed by atoms with Crippen LogP contribution in [0, 0.1) is 0 Å². The zero-order chi connectivity index (χ0) is 12.5. The topological polar surface area (TPSA) is 55.6 Å². The fourth-order valence-corrected chi connectivity index (χ4v) is 2.83. The first-order valence-corrected chi connectivity index (χ1v) is 6.55. The molecule has 1 unspecified atom stereocenters. The van der Waals surface area contributed by atoms with Crippen LogP contribution in [0.1, 0.15) is 24.8 Å². The average Bonchev–Trinajstić information content (AvgIpc) is 2.98. The number of nitrogens with zero attached hydrogens (tertiary/aromatic N) is 1. The highest BCUT2D eigenvalue weighted by atomic mass is 16.5. The van der Waals surface area contributed by atoms with E-state index in [2.05, 4.69) is 0 Å². The number of hydrogen-bond donors (Lipinski definition) is 1. The summed E-state index contributed by atoms with van der Waals surface area (Å²) < 4.78 is 5.52. The minimum atomic E-state index is 0.114. The van der Waals surface area contributed by atoms with Crippen LogP contribution in [0.4, 0.5) is 11.4 Å². The van der Waals surface area contributed by atoms with Gasteiger partial charge in [-0.25, -0.2) is 0 Å². The zero-order valence-corrected chi connectivity index (χ0v) is 10.4. The Labute approximate surface area is 107 Å². The van der Waals surface area contributed by atoms with Crippen LogP contribution in [-0.4, -0.2) is 25.2 Å². The van der Waals surface area contributed by atoms with E-state index in [0.29, 0.717) is 6.42 Å². The number of anilines is 2. The summed E-state index contributed by atoms with van der Waals surface area (Å²) in [5.74, 6) is 0.159. The Morgan fingerprint density at radius 3 is 3.17 bits per heavy atom. The first kappa shape index (κ1) is 11.5. The van der Waals surface area contributed by atoms with E-state index in [1.54, 1.807) is 0 Å². The number of hydrogen-bond acceptors (Lipinski definition) is 3. The number of ether oxygens (including phenoxy) is 1. The van der Waals surface area contributed by atoms with E-state index in [1.165, 1.54) is 0 Å². The summed E-state index contributed by atoms with van der Waals surface area (Å²) in [7, 11) is 0. The lowest BCUT2D eigenvalue weighted by atomic mass is 10.1. The first-order chi connectivity index (χ1) is 8.75. The van der Waals surface area contributed by atoms with Crippen molar-refractivity contribution in [2.75, 3.05) is 23.8 Å². The molecule has 0 aromatic heterocycles. The summed E-state index contributed by atoms with van der Waals surface area (Å²) in [5.41, 5.74) is 8.82. The highest BCUT2D eigenvalue weighted by Crippen LogP contribution is 2.33. The Hall–Kier alpha value is -1.55. The number of amides is 1. The molecule has 0 bridgehead atoms. The minimum absolute atomic E-state index is 0.114. The Morgan fingerprint density at radius 1 is 1.50 bits per heavy atom. The summed E-state index contributed by atoms with van der Waals surface area (Å²) in [6, 6.07) is 5.78. The molecule has 4 nitrogen and oxygen atoms in total. The summed E-state index contributed by atoms with van der Waals surface area (Å²) in [4.78, 5) is 14.1. The number of carbonyl (C=O) groups excluding carboxylic acids is 1. The summed E-state index contributed by atoms with van der Waals surface area (Å²) in [6.45, 7) is 1.54. The van der Waals surface area contributed by atoms with E-state index in [0.717, 1.165) is 49.4 Å². The number of rotatable bonds is 2. The van der Waals surface area contributed by atoms with Gasteiger partial charge in [-0.15, -0.1) is 0 Å². The molecule has 2 heterocycles. The molecular formula is C14H18N2O2. The molecule has 1 amide bonds. The molecule has 0 radical (unpaired) electrons. The zero-order valence-electron chi connectivity index (χ0n) is 10.4. The fourth-order valence-electron chi connectivity index (χ4n) is 2.83. The molecule has 1 atom stereocenters. The number of benzene rings is 1. The normalized spacial score (nSPS) is 22.2. The van der Waals surface area contributed by atoms with Crippen LogP contribution in [0.3, 0.4) is 0 Å². The number of fused-ring (bicyclic) bond motifs is 1.